The third-order valence-electron chi connectivity index (χ3n) is 3.02. The zero-order chi connectivity index (χ0) is 13.9. The minimum Gasteiger partial charge on any atom is -0.376 e. The van der Waals surface area contributed by atoms with Crippen LogP contribution in [0.15, 0.2) is 59.5 Å². The number of aliphatic hydroxyl groups is 1. The minimum absolute atomic E-state index is 0.0698. The SMILES string of the molecule is O=C(Nc1ccccc1)C1=C[N+]2CN(CO)C=CC2=N1. The molecule has 1 amide bonds. The predicted molar refractivity (Wildman–Crippen MR) is 75.7 cm³/mol. The summed E-state index contributed by atoms with van der Waals surface area (Å²) in [6.07, 6.45) is 5.19. The van der Waals surface area contributed by atoms with Crippen molar-refractivity contribution < 1.29 is 9.90 Å². The van der Waals surface area contributed by atoms with Gasteiger partial charge in [0.15, 0.2) is 11.9 Å². The lowest BCUT2D eigenvalue weighted by Crippen LogP contribution is -2.42. The molecule has 0 aromatic heterocycles. The highest BCUT2D eigenvalue weighted by Gasteiger charge is 2.34. The molecule has 0 bridgehead atoms. The van der Waals surface area contributed by atoms with Crippen LogP contribution < -0.4 is 10.2 Å². The number of benzene rings is 1. The van der Waals surface area contributed by atoms with Gasteiger partial charge in [-0.25, -0.2) is 0 Å². The van der Waals surface area contributed by atoms with Crippen LogP contribution in [0.4, 0.5) is 5.69 Å². The Morgan fingerprint density at radius 2 is 2.20 bits per heavy atom. The summed E-state index contributed by atoms with van der Waals surface area (Å²) in [6, 6.07) is 9.24. The van der Waals surface area contributed by atoms with E-state index in [2.05, 4.69) is 10.3 Å². The molecule has 0 atom stereocenters. The van der Waals surface area contributed by atoms with Gasteiger partial charge in [0.1, 0.15) is 6.73 Å². The standard InChI is InChI=1S/C14H14N4O2/c19-10-17-7-6-13-16-12(8-18(13)9-17)14(20)15-11-4-2-1-3-5-11/h1-8,19H,9-10H2,(H,15,20)/q+1. The van der Waals surface area contributed by atoms with Crippen molar-refractivity contribution >= 4 is 17.4 Å². The average Bonchev–Trinajstić information content (AvgIpc) is 2.91. The number of carbonyl (C=O) groups is 1. The number of hydrogen-bond acceptors (Lipinski definition) is 5. The van der Waals surface area contributed by atoms with Crippen molar-refractivity contribution in [2.45, 2.75) is 0 Å². The first-order valence-electron chi connectivity index (χ1n) is 6.23. The molecule has 101 valence electrons. The number of nitrogens with zero attached hydrogens (tertiary/aromatic N) is 3. The summed E-state index contributed by atoms with van der Waals surface area (Å²) in [4.78, 5) is 19.9. The first-order chi connectivity index (χ1) is 9.76. The van der Waals surface area contributed by atoms with Crippen molar-refractivity contribution in [3.8, 4) is 0 Å². The molecule has 20 heavy (non-hydrogen) atoms. The summed E-state index contributed by atoms with van der Waals surface area (Å²) in [5.41, 5.74) is 1.09. The lowest BCUT2D eigenvalue weighted by atomic mass is 10.3. The molecule has 0 saturated heterocycles. The highest BCUT2D eigenvalue weighted by atomic mass is 16.3. The number of anilines is 1. The lowest BCUT2D eigenvalue weighted by Gasteiger charge is -2.18. The normalized spacial score (nSPS) is 17.6. The van der Waals surface area contributed by atoms with Crippen LogP contribution in [-0.4, -0.2) is 35.1 Å². The summed E-state index contributed by atoms with van der Waals surface area (Å²) in [7, 11) is 0. The van der Waals surface area contributed by atoms with Crippen LogP contribution in [0.1, 0.15) is 0 Å². The summed E-state index contributed by atoms with van der Waals surface area (Å²) in [5.74, 6) is 0.454. The molecule has 0 unspecified atom stereocenters. The van der Waals surface area contributed by atoms with E-state index >= 15 is 0 Å². The van der Waals surface area contributed by atoms with E-state index < -0.39 is 0 Å². The van der Waals surface area contributed by atoms with Gasteiger partial charge in [-0.15, -0.1) is 0 Å². The molecule has 1 aromatic rings. The predicted octanol–water partition coefficient (Wildman–Crippen LogP) is 0.755. The fourth-order valence-corrected chi connectivity index (χ4v) is 2.01. The van der Waals surface area contributed by atoms with Crippen molar-refractivity contribution in [1.29, 1.82) is 0 Å². The zero-order valence-electron chi connectivity index (χ0n) is 10.7. The first-order valence-corrected chi connectivity index (χ1v) is 6.23. The number of amidine groups is 1. The fraction of sp³-hybridized carbons (Fsp3) is 0.143. The number of para-hydroxylation sites is 1. The number of nitrogens with one attached hydrogen (secondary N) is 1. The van der Waals surface area contributed by atoms with Crippen LogP contribution in [0.5, 0.6) is 0 Å². The smallest absolute Gasteiger partial charge is 0.285 e. The molecule has 1 aromatic carbocycles. The van der Waals surface area contributed by atoms with E-state index in [1.54, 1.807) is 23.4 Å². The molecule has 0 aliphatic carbocycles. The van der Waals surface area contributed by atoms with E-state index in [1.807, 2.05) is 35.2 Å². The summed E-state index contributed by atoms with van der Waals surface area (Å²) >= 11 is 0. The first kappa shape index (κ1) is 12.6. The van der Waals surface area contributed by atoms with E-state index in [1.165, 1.54) is 0 Å². The Hall–Kier alpha value is -2.44. The summed E-state index contributed by atoms with van der Waals surface area (Å²) < 4.78 is 0. The molecule has 0 saturated carbocycles. The zero-order valence-corrected chi connectivity index (χ0v) is 10.7. The Kier molecular flexibility index (Phi) is 3.32. The number of aliphatic hydroxyl groups excluding tert-OH is 1. The van der Waals surface area contributed by atoms with Crippen LogP contribution in [0.2, 0.25) is 0 Å². The van der Waals surface area contributed by atoms with Gasteiger partial charge in [-0.1, -0.05) is 23.1 Å². The van der Waals surface area contributed by atoms with Crippen LogP contribution in [0.25, 0.3) is 0 Å². The van der Waals surface area contributed by atoms with Crippen LogP contribution in [0.3, 0.4) is 0 Å². The largest absolute Gasteiger partial charge is 0.376 e. The van der Waals surface area contributed by atoms with Crippen molar-refractivity contribution in [3.63, 3.8) is 0 Å². The Morgan fingerprint density at radius 1 is 1.40 bits per heavy atom. The fourth-order valence-electron chi connectivity index (χ4n) is 2.01. The maximum Gasteiger partial charge on any atom is 0.285 e. The van der Waals surface area contributed by atoms with E-state index in [9.17, 15) is 4.79 Å². The third kappa shape index (κ3) is 2.47. The Balaban J connectivity index is 1.72. The molecule has 2 aliphatic heterocycles. The van der Waals surface area contributed by atoms with Crippen molar-refractivity contribution in [3.05, 3.63) is 54.5 Å². The molecule has 2 heterocycles. The quantitative estimate of drug-likeness (QED) is 0.796. The van der Waals surface area contributed by atoms with Crippen LogP contribution in [0, 0.1) is 0 Å². The second-order valence-electron chi connectivity index (χ2n) is 4.46. The summed E-state index contributed by atoms with van der Waals surface area (Å²) in [6.45, 7) is 0.410. The number of hydrogen-bond donors (Lipinski definition) is 2. The molecule has 3 rings (SSSR count). The number of aliphatic imine (C=N–C) groups is 1. The van der Waals surface area contributed by atoms with Gasteiger partial charge in [-0.3, -0.25) is 4.79 Å². The lowest BCUT2D eigenvalue weighted by molar-refractivity contribution is -0.112. The van der Waals surface area contributed by atoms with Gasteiger partial charge in [0.05, 0.1) is 0 Å². The molecular formula is C14H14N4O2+. The topological polar surface area (TPSA) is 70.8 Å². The average molecular weight is 270 g/mol. The van der Waals surface area contributed by atoms with Gasteiger partial charge in [0.25, 0.3) is 11.7 Å². The molecular weight excluding hydrogens is 256 g/mol. The molecule has 6 heteroatoms. The Morgan fingerprint density at radius 3 is 2.95 bits per heavy atom. The van der Waals surface area contributed by atoms with Crippen LogP contribution >= 0.6 is 0 Å². The van der Waals surface area contributed by atoms with E-state index in [0.29, 0.717) is 18.2 Å². The van der Waals surface area contributed by atoms with Gasteiger partial charge in [-0.2, -0.15) is 4.99 Å². The van der Waals surface area contributed by atoms with Gasteiger partial charge in [0, 0.05) is 18.0 Å². The maximum atomic E-state index is 12.1. The number of amides is 1. The highest BCUT2D eigenvalue weighted by Crippen LogP contribution is 2.16. The highest BCUT2D eigenvalue weighted by molar-refractivity contribution is 6.10. The third-order valence-corrected chi connectivity index (χ3v) is 3.02. The number of rotatable bonds is 3. The van der Waals surface area contributed by atoms with Crippen molar-refractivity contribution in [2.75, 3.05) is 18.7 Å². The number of fused-ring (bicyclic) bond motifs is 1. The second-order valence-corrected chi connectivity index (χ2v) is 4.46. The summed E-state index contributed by atoms with van der Waals surface area (Å²) in [5, 5.41) is 11.9. The maximum absolute atomic E-state index is 12.1. The molecule has 0 fully saturated rings. The van der Waals surface area contributed by atoms with Crippen LogP contribution in [-0.2, 0) is 4.79 Å². The molecule has 1 radical (unpaired) electrons. The van der Waals surface area contributed by atoms with Gasteiger partial charge in [0.2, 0.25) is 6.67 Å². The Bertz CT molecular complexity index is 607. The van der Waals surface area contributed by atoms with Crippen molar-refractivity contribution in [1.82, 2.24) is 9.80 Å². The molecule has 2 aliphatic rings. The molecule has 6 nitrogen and oxygen atoms in total. The van der Waals surface area contributed by atoms with Gasteiger partial charge in [-0.05, 0) is 12.1 Å². The second kappa shape index (κ2) is 5.28. The molecule has 0 spiro atoms. The van der Waals surface area contributed by atoms with Crippen molar-refractivity contribution in [2.24, 2.45) is 4.99 Å². The van der Waals surface area contributed by atoms with Gasteiger partial charge < -0.3 is 15.3 Å². The van der Waals surface area contributed by atoms with Gasteiger partial charge >= 0.3 is 0 Å². The monoisotopic (exact) mass is 270 g/mol. The van der Waals surface area contributed by atoms with E-state index in [4.69, 9.17) is 5.11 Å². The van der Waals surface area contributed by atoms with E-state index in [-0.39, 0.29) is 12.6 Å². The Labute approximate surface area is 116 Å². The van der Waals surface area contributed by atoms with E-state index in [0.717, 1.165) is 5.69 Å². The number of carbonyl (C=O) groups excluding carboxylic acids is 1. The minimum atomic E-state index is -0.248. The molecule has 2 N–H and O–H groups in total.